The van der Waals surface area contributed by atoms with Crippen LogP contribution in [-0.2, 0) is 0 Å². The number of para-hydroxylation sites is 3. The zero-order valence-electron chi connectivity index (χ0n) is 12.6. The SMILES string of the molecule is CCN(C)c1ccccc1NC(=O)c1cccc(C)c1O. The third-order valence-corrected chi connectivity index (χ3v) is 3.52. The van der Waals surface area contributed by atoms with Crippen LogP contribution in [0.3, 0.4) is 0 Å². The molecule has 4 heteroatoms. The number of benzene rings is 2. The van der Waals surface area contributed by atoms with Crippen LogP contribution in [0.2, 0.25) is 0 Å². The average Bonchev–Trinajstić information content (AvgIpc) is 2.49. The zero-order chi connectivity index (χ0) is 15.4. The molecule has 0 fully saturated rings. The van der Waals surface area contributed by atoms with Crippen LogP contribution in [0.25, 0.3) is 0 Å². The molecule has 1 amide bonds. The summed E-state index contributed by atoms with van der Waals surface area (Å²) in [6.45, 7) is 4.65. The van der Waals surface area contributed by atoms with Crippen molar-refractivity contribution < 1.29 is 9.90 Å². The number of carbonyl (C=O) groups excluding carboxylic acids is 1. The van der Waals surface area contributed by atoms with Crippen LogP contribution in [0, 0.1) is 6.92 Å². The Hall–Kier alpha value is -2.49. The Labute approximate surface area is 125 Å². The molecule has 0 saturated heterocycles. The fourth-order valence-corrected chi connectivity index (χ4v) is 2.11. The number of carbonyl (C=O) groups is 1. The summed E-state index contributed by atoms with van der Waals surface area (Å²) < 4.78 is 0. The monoisotopic (exact) mass is 284 g/mol. The van der Waals surface area contributed by atoms with Crippen molar-refractivity contribution in [1.82, 2.24) is 0 Å². The molecule has 0 aliphatic heterocycles. The standard InChI is InChI=1S/C17H20N2O2/c1-4-19(3)15-11-6-5-10-14(15)18-17(21)13-9-7-8-12(2)16(13)20/h5-11,20H,4H2,1-3H3,(H,18,21). The first kappa shape index (κ1) is 14.9. The lowest BCUT2D eigenvalue weighted by Gasteiger charge is -2.21. The summed E-state index contributed by atoms with van der Waals surface area (Å²) in [5.74, 6) is -0.288. The van der Waals surface area contributed by atoms with Gasteiger partial charge in [-0.3, -0.25) is 4.79 Å². The summed E-state index contributed by atoms with van der Waals surface area (Å²) in [5.41, 5.74) is 2.64. The second kappa shape index (κ2) is 6.31. The quantitative estimate of drug-likeness (QED) is 0.904. The summed E-state index contributed by atoms with van der Waals surface area (Å²) >= 11 is 0. The van der Waals surface area contributed by atoms with Gasteiger partial charge in [0.05, 0.1) is 16.9 Å². The first-order valence-electron chi connectivity index (χ1n) is 6.94. The minimum Gasteiger partial charge on any atom is -0.507 e. The molecule has 2 aromatic carbocycles. The molecule has 110 valence electrons. The maximum absolute atomic E-state index is 12.4. The Kier molecular flexibility index (Phi) is 4.48. The Morgan fingerprint density at radius 3 is 2.62 bits per heavy atom. The molecule has 4 nitrogen and oxygen atoms in total. The van der Waals surface area contributed by atoms with Gasteiger partial charge in [0.2, 0.25) is 0 Å². The summed E-state index contributed by atoms with van der Waals surface area (Å²) in [5, 5.41) is 12.9. The number of hydrogen-bond donors (Lipinski definition) is 2. The lowest BCUT2D eigenvalue weighted by atomic mass is 10.1. The van der Waals surface area contributed by atoms with Crippen LogP contribution in [0.15, 0.2) is 42.5 Å². The molecule has 0 aliphatic rings. The lowest BCUT2D eigenvalue weighted by molar-refractivity contribution is 0.102. The third kappa shape index (κ3) is 3.16. The molecule has 0 aliphatic carbocycles. The van der Waals surface area contributed by atoms with Crippen LogP contribution >= 0.6 is 0 Å². The van der Waals surface area contributed by atoms with Crippen molar-refractivity contribution in [3.8, 4) is 5.75 Å². The number of phenolic OH excluding ortho intramolecular Hbond substituents is 1. The fourth-order valence-electron chi connectivity index (χ4n) is 2.11. The first-order chi connectivity index (χ1) is 10.0. The predicted molar refractivity (Wildman–Crippen MR) is 86.2 cm³/mol. The number of aromatic hydroxyl groups is 1. The predicted octanol–water partition coefficient (Wildman–Crippen LogP) is 3.41. The van der Waals surface area contributed by atoms with Crippen molar-refractivity contribution in [2.24, 2.45) is 0 Å². The van der Waals surface area contributed by atoms with Gasteiger partial charge in [-0.2, -0.15) is 0 Å². The van der Waals surface area contributed by atoms with Gasteiger partial charge in [0, 0.05) is 13.6 Å². The fraction of sp³-hybridized carbons (Fsp3) is 0.235. The summed E-state index contributed by atoms with van der Waals surface area (Å²) in [7, 11) is 1.97. The molecule has 2 N–H and O–H groups in total. The first-order valence-corrected chi connectivity index (χ1v) is 6.94. The third-order valence-electron chi connectivity index (χ3n) is 3.52. The number of nitrogens with zero attached hydrogens (tertiary/aromatic N) is 1. The van der Waals surface area contributed by atoms with E-state index >= 15 is 0 Å². The molecule has 0 radical (unpaired) electrons. The van der Waals surface area contributed by atoms with Gasteiger partial charge < -0.3 is 15.3 Å². The second-order valence-electron chi connectivity index (χ2n) is 4.96. The van der Waals surface area contributed by atoms with Gasteiger partial charge in [0.15, 0.2) is 0 Å². The Morgan fingerprint density at radius 1 is 1.19 bits per heavy atom. The minimum atomic E-state index is -0.312. The molecular formula is C17H20N2O2. The molecule has 0 saturated carbocycles. The van der Waals surface area contributed by atoms with E-state index in [1.165, 1.54) is 0 Å². The van der Waals surface area contributed by atoms with E-state index in [2.05, 4.69) is 5.32 Å². The smallest absolute Gasteiger partial charge is 0.259 e. The van der Waals surface area contributed by atoms with E-state index in [-0.39, 0.29) is 17.2 Å². The van der Waals surface area contributed by atoms with E-state index in [9.17, 15) is 9.90 Å². The zero-order valence-corrected chi connectivity index (χ0v) is 12.6. The van der Waals surface area contributed by atoms with Gasteiger partial charge >= 0.3 is 0 Å². The topological polar surface area (TPSA) is 52.6 Å². The van der Waals surface area contributed by atoms with E-state index in [1.807, 2.05) is 43.1 Å². The van der Waals surface area contributed by atoms with Crippen molar-refractivity contribution >= 4 is 17.3 Å². The van der Waals surface area contributed by atoms with E-state index in [0.717, 1.165) is 17.9 Å². The van der Waals surface area contributed by atoms with Crippen LogP contribution in [0.5, 0.6) is 5.75 Å². The lowest BCUT2D eigenvalue weighted by Crippen LogP contribution is -2.20. The van der Waals surface area contributed by atoms with Crippen LogP contribution in [0.4, 0.5) is 11.4 Å². The van der Waals surface area contributed by atoms with Gasteiger partial charge in [-0.1, -0.05) is 24.3 Å². The van der Waals surface area contributed by atoms with Gasteiger partial charge in [-0.25, -0.2) is 0 Å². The summed E-state index contributed by atoms with van der Waals surface area (Å²) in [4.78, 5) is 14.4. The van der Waals surface area contributed by atoms with Gasteiger partial charge in [0.25, 0.3) is 5.91 Å². The van der Waals surface area contributed by atoms with Crippen LogP contribution in [0.1, 0.15) is 22.8 Å². The Bertz CT molecular complexity index is 653. The molecule has 0 bridgehead atoms. The number of phenols is 1. The number of nitrogens with one attached hydrogen (secondary N) is 1. The van der Waals surface area contributed by atoms with Crippen molar-refractivity contribution in [1.29, 1.82) is 0 Å². The molecular weight excluding hydrogens is 264 g/mol. The minimum absolute atomic E-state index is 0.0244. The number of rotatable bonds is 4. The van der Waals surface area contributed by atoms with Crippen molar-refractivity contribution in [2.45, 2.75) is 13.8 Å². The van der Waals surface area contributed by atoms with Gasteiger partial charge in [-0.15, -0.1) is 0 Å². The van der Waals surface area contributed by atoms with E-state index < -0.39 is 0 Å². The molecule has 0 unspecified atom stereocenters. The van der Waals surface area contributed by atoms with E-state index in [0.29, 0.717) is 5.56 Å². The highest BCUT2D eigenvalue weighted by molar-refractivity contribution is 6.07. The van der Waals surface area contributed by atoms with Crippen molar-refractivity contribution in [3.63, 3.8) is 0 Å². The molecule has 2 rings (SSSR count). The number of anilines is 2. The maximum Gasteiger partial charge on any atom is 0.259 e. The summed E-state index contributed by atoms with van der Waals surface area (Å²) in [6, 6.07) is 12.8. The highest BCUT2D eigenvalue weighted by Gasteiger charge is 2.14. The number of hydrogen-bond acceptors (Lipinski definition) is 3. The van der Waals surface area contributed by atoms with Gasteiger partial charge in [0.1, 0.15) is 5.75 Å². The number of amides is 1. The van der Waals surface area contributed by atoms with Crippen molar-refractivity contribution in [2.75, 3.05) is 23.8 Å². The molecule has 0 aromatic heterocycles. The summed E-state index contributed by atoms with van der Waals surface area (Å²) in [6.07, 6.45) is 0. The number of aryl methyl sites for hydroxylation is 1. The van der Waals surface area contributed by atoms with Crippen LogP contribution in [-0.4, -0.2) is 24.6 Å². The normalized spacial score (nSPS) is 10.2. The van der Waals surface area contributed by atoms with Crippen molar-refractivity contribution in [3.05, 3.63) is 53.6 Å². The van der Waals surface area contributed by atoms with E-state index in [1.54, 1.807) is 25.1 Å². The van der Waals surface area contributed by atoms with Crippen LogP contribution < -0.4 is 10.2 Å². The molecule has 0 heterocycles. The maximum atomic E-state index is 12.4. The largest absolute Gasteiger partial charge is 0.507 e. The van der Waals surface area contributed by atoms with Gasteiger partial charge in [-0.05, 0) is 37.6 Å². The second-order valence-corrected chi connectivity index (χ2v) is 4.96. The average molecular weight is 284 g/mol. The highest BCUT2D eigenvalue weighted by Crippen LogP contribution is 2.27. The Balaban J connectivity index is 2.30. The molecule has 21 heavy (non-hydrogen) atoms. The van der Waals surface area contributed by atoms with E-state index in [4.69, 9.17) is 0 Å². The Morgan fingerprint density at radius 2 is 1.90 bits per heavy atom. The molecule has 0 spiro atoms. The molecule has 2 aromatic rings. The highest BCUT2D eigenvalue weighted by atomic mass is 16.3. The molecule has 0 atom stereocenters.